The molecule has 1 aliphatic rings. The van der Waals surface area contributed by atoms with Crippen molar-refractivity contribution in [2.75, 3.05) is 0 Å². The molecule has 2 unspecified atom stereocenters. The normalized spacial score (nSPS) is 25.0. The van der Waals surface area contributed by atoms with Crippen molar-refractivity contribution in [1.29, 1.82) is 0 Å². The Bertz CT molecular complexity index is 515. The third-order valence-electron chi connectivity index (χ3n) is 3.52. The maximum absolute atomic E-state index is 13.1. The van der Waals surface area contributed by atoms with Crippen molar-refractivity contribution in [2.45, 2.75) is 43.5 Å². The lowest BCUT2D eigenvalue weighted by molar-refractivity contribution is 0.310. The molecule has 0 spiro atoms. The van der Waals surface area contributed by atoms with Crippen LogP contribution < -0.4 is 4.72 Å². The van der Waals surface area contributed by atoms with E-state index in [1.165, 1.54) is 18.2 Å². The molecule has 0 amide bonds. The van der Waals surface area contributed by atoms with Crippen LogP contribution in [0.3, 0.4) is 0 Å². The Morgan fingerprint density at radius 2 is 2.00 bits per heavy atom. The quantitative estimate of drug-likeness (QED) is 0.918. The standard InChI is InChI=1S/C13H18FNO2S/c1-10-5-2-3-8-13(10)15-18(16,17)12-7-4-6-11(14)9-12/h4,6-7,9-10,13,15H,2-3,5,8H2,1H3. The zero-order valence-corrected chi connectivity index (χ0v) is 11.2. The minimum absolute atomic E-state index is 0.000253. The molecule has 100 valence electrons. The van der Waals surface area contributed by atoms with E-state index in [2.05, 4.69) is 11.6 Å². The Kier molecular flexibility index (Phi) is 4.02. The number of sulfonamides is 1. The van der Waals surface area contributed by atoms with Gasteiger partial charge in [0.05, 0.1) is 4.90 Å². The average molecular weight is 271 g/mol. The average Bonchev–Trinajstić information content (AvgIpc) is 2.32. The zero-order chi connectivity index (χ0) is 13.2. The molecule has 1 aliphatic carbocycles. The molecule has 5 heteroatoms. The fourth-order valence-electron chi connectivity index (χ4n) is 2.39. The van der Waals surface area contributed by atoms with Crippen molar-refractivity contribution in [3.05, 3.63) is 30.1 Å². The Balaban J connectivity index is 2.16. The number of nitrogens with one attached hydrogen (secondary N) is 1. The van der Waals surface area contributed by atoms with Crippen molar-refractivity contribution in [3.63, 3.8) is 0 Å². The van der Waals surface area contributed by atoms with Gasteiger partial charge < -0.3 is 0 Å². The highest BCUT2D eigenvalue weighted by Gasteiger charge is 2.26. The van der Waals surface area contributed by atoms with Crippen LogP contribution in [0.25, 0.3) is 0 Å². The first-order chi connectivity index (χ1) is 8.49. The highest BCUT2D eigenvalue weighted by atomic mass is 32.2. The lowest BCUT2D eigenvalue weighted by Gasteiger charge is -2.29. The summed E-state index contributed by atoms with van der Waals surface area (Å²) in [6, 6.07) is 5.08. The van der Waals surface area contributed by atoms with E-state index >= 15 is 0 Å². The summed E-state index contributed by atoms with van der Waals surface area (Å²) < 4.78 is 40.0. The van der Waals surface area contributed by atoms with Crippen LogP contribution in [0.5, 0.6) is 0 Å². The lowest BCUT2D eigenvalue weighted by atomic mass is 9.87. The molecule has 0 aliphatic heterocycles. The van der Waals surface area contributed by atoms with E-state index < -0.39 is 15.8 Å². The molecule has 0 bridgehead atoms. The maximum Gasteiger partial charge on any atom is 0.240 e. The highest BCUT2D eigenvalue weighted by molar-refractivity contribution is 7.89. The summed E-state index contributed by atoms with van der Waals surface area (Å²) in [6.45, 7) is 2.05. The molecule has 1 aromatic rings. The zero-order valence-electron chi connectivity index (χ0n) is 10.4. The Labute approximate surface area is 107 Å². The molecule has 1 N–H and O–H groups in total. The van der Waals surface area contributed by atoms with Gasteiger partial charge in [-0.3, -0.25) is 0 Å². The monoisotopic (exact) mass is 271 g/mol. The van der Waals surface area contributed by atoms with Crippen LogP contribution in [-0.4, -0.2) is 14.5 Å². The fraction of sp³-hybridized carbons (Fsp3) is 0.538. The van der Waals surface area contributed by atoms with E-state index in [4.69, 9.17) is 0 Å². The third-order valence-corrected chi connectivity index (χ3v) is 5.01. The first kappa shape index (κ1) is 13.5. The van der Waals surface area contributed by atoms with Crippen LogP contribution in [0.2, 0.25) is 0 Å². The third kappa shape index (κ3) is 3.09. The van der Waals surface area contributed by atoms with Gasteiger partial charge in [0.1, 0.15) is 5.82 Å². The maximum atomic E-state index is 13.1. The summed E-state index contributed by atoms with van der Waals surface area (Å²) in [5.41, 5.74) is 0. The smallest absolute Gasteiger partial charge is 0.208 e. The number of hydrogen-bond donors (Lipinski definition) is 1. The Morgan fingerprint density at radius 1 is 1.28 bits per heavy atom. The molecular weight excluding hydrogens is 253 g/mol. The van der Waals surface area contributed by atoms with Gasteiger partial charge >= 0.3 is 0 Å². The SMILES string of the molecule is CC1CCCCC1NS(=O)(=O)c1cccc(F)c1. The van der Waals surface area contributed by atoms with Crippen LogP contribution in [0.15, 0.2) is 29.2 Å². The number of benzene rings is 1. The molecular formula is C13H18FNO2S. The molecule has 0 radical (unpaired) electrons. The van der Waals surface area contributed by atoms with Gasteiger partial charge in [0.25, 0.3) is 0 Å². The minimum atomic E-state index is -3.61. The Morgan fingerprint density at radius 3 is 2.67 bits per heavy atom. The Hall–Kier alpha value is -0.940. The van der Waals surface area contributed by atoms with Crippen LogP contribution in [-0.2, 0) is 10.0 Å². The molecule has 2 atom stereocenters. The molecule has 1 aromatic carbocycles. The molecule has 1 saturated carbocycles. The highest BCUT2D eigenvalue weighted by Crippen LogP contribution is 2.25. The van der Waals surface area contributed by atoms with Crippen LogP contribution in [0, 0.1) is 11.7 Å². The second kappa shape index (κ2) is 5.36. The molecule has 0 saturated heterocycles. The van der Waals surface area contributed by atoms with Crippen molar-refractivity contribution >= 4 is 10.0 Å². The van der Waals surface area contributed by atoms with E-state index in [0.717, 1.165) is 31.7 Å². The van der Waals surface area contributed by atoms with Crippen LogP contribution in [0.1, 0.15) is 32.6 Å². The summed E-state index contributed by atoms with van der Waals surface area (Å²) in [5, 5.41) is 0. The first-order valence-electron chi connectivity index (χ1n) is 6.27. The number of halogens is 1. The van der Waals surface area contributed by atoms with Gasteiger partial charge in [0.2, 0.25) is 10.0 Å². The summed E-state index contributed by atoms with van der Waals surface area (Å²) in [6.07, 6.45) is 4.09. The van der Waals surface area contributed by atoms with Gasteiger partial charge in [-0.1, -0.05) is 25.8 Å². The minimum Gasteiger partial charge on any atom is -0.208 e. The van der Waals surface area contributed by atoms with E-state index in [9.17, 15) is 12.8 Å². The van der Waals surface area contributed by atoms with Gasteiger partial charge in [-0.2, -0.15) is 0 Å². The molecule has 3 nitrogen and oxygen atoms in total. The van der Waals surface area contributed by atoms with Gasteiger partial charge in [-0.05, 0) is 37.0 Å². The van der Waals surface area contributed by atoms with E-state index in [0.29, 0.717) is 5.92 Å². The molecule has 18 heavy (non-hydrogen) atoms. The lowest BCUT2D eigenvalue weighted by Crippen LogP contribution is -2.40. The van der Waals surface area contributed by atoms with Gasteiger partial charge in [-0.15, -0.1) is 0 Å². The summed E-state index contributed by atoms with van der Waals surface area (Å²) in [7, 11) is -3.61. The molecule has 0 heterocycles. The van der Waals surface area contributed by atoms with E-state index in [1.54, 1.807) is 0 Å². The largest absolute Gasteiger partial charge is 0.240 e. The van der Waals surface area contributed by atoms with Crippen molar-refractivity contribution in [3.8, 4) is 0 Å². The predicted octanol–water partition coefficient (Wildman–Crippen LogP) is 2.68. The van der Waals surface area contributed by atoms with Gasteiger partial charge in [0, 0.05) is 6.04 Å². The second-order valence-electron chi connectivity index (χ2n) is 4.95. The van der Waals surface area contributed by atoms with Crippen molar-refractivity contribution in [1.82, 2.24) is 4.72 Å². The second-order valence-corrected chi connectivity index (χ2v) is 6.66. The van der Waals surface area contributed by atoms with E-state index in [-0.39, 0.29) is 10.9 Å². The molecule has 2 rings (SSSR count). The summed E-state index contributed by atoms with van der Waals surface area (Å²) in [4.78, 5) is 0.000253. The molecule has 0 aromatic heterocycles. The van der Waals surface area contributed by atoms with Crippen molar-refractivity contribution < 1.29 is 12.8 Å². The van der Waals surface area contributed by atoms with Crippen LogP contribution >= 0.6 is 0 Å². The van der Waals surface area contributed by atoms with Crippen molar-refractivity contribution in [2.24, 2.45) is 5.92 Å². The number of hydrogen-bond acceptors (Lipinski definition) is 2. The summed E-state index contributed by atoms with van der Waals surface area (Å²) in [5.74, 6) is -0.198. The topological polar surface area (TPSA) is 46.2 Å². The fourth-order valence-corrected chi connectivity index (χ4v) is 3.80. The van der Waals surface area contributed by atoms with Crippen LogP contribution in [0.4, 0.5) is 4.39 Å². The predicted molar refractivity (Wildman–Crippen MR) is 68.1 cm³/mol. The molecule has 1 fully saturated rings. The van der Waals surface area contributed by atoms with Gasteiger partial charge in [0.15, 0.2) is 0 Å². The first-order valence-corrected chi connectivity index (χ1v) is 7.75. The van der Waals surface area contributed by atoms with Gasteiger partial charge in [-0.25, -0.2) is 17.5 Å². The number of rotatable bonds is 3. The summed E-state index contributed by atoms with van der Waals surface area (Å²) >= 11 is 0. The van der Waals surface area contributed by atoms with E-state index in [1.807, 2.05) is 0 Å².